The monoisotopic (exact) mass is 415 g/mol. The molecule has 0 spiro atoms. The van der Waals surface area contributed by atoms with Gasteiger partial charge in [0.15, 0.2) is 6.54 Å². The van der Waals surface area contributed by atoms with Gasteiger partial charge in [0, 0.05) is 14.2 Å². The molecule has 0 heterocycles. The van der Waals surface area contributed by atoms with E-state index in [0.717, 1.165) is 31.3 Å². The van der Waals surface area contributed by atoms with Crippen LogP contribution in [0.4, 0.5) is 5.69 Å². The van der Waals surface area contributed by atoms with Crippen LogP contribution < -0.4 is 10.2 Å². The molecule has 0 aliphatic heterocycles. The SMILES string of the molecule is C[NH+](CC(=O)Nc1ccccc1I)Cc1cccc(Cl)c1. The van der Waals surface area contributed by atoms with Crippen molar-refractivity contribution in [2.24, 2.45) is 0 Å². The van der Waals surface area contributed by atoms with Gasteiger partial charge in [0.2, 0.25) is 0 Å². The second-order valence-electron chi connectivity index (χ2n) is 4.97. The molecule has 0 saturated carbocycles. The highest BCUT2D eigenvalue weighted by Crippen LogP contribution is 2.16. The third-order valence-corrected chi connectivity index (χ3v) is 4.18. The van der Waals surface area contributed by atoms with Gasteiger partial charge in [-0.05, 0) is 46.9 Å². The number of amides is 1. The summed E-state index contributed by atoms with van der Waals surface area (Å²) >= 11 is 8.18. The highest BCUT2D eigenvalue weighted by atomic mass is 127. The molecule has 2 N–H and O–H groups in total. The van der Waals surface area contributed by atoms with Crippen LogP contribution in [0.2, 0.25) is 5.02 Å². The molecule has 0 aliphatic carbocycles. The van der Waals surface area contributed by atoms with Gasteiger partial charge in [0.05, 0.1) is 12.7 Å². The molecule has 0 saturated heterocycles. The molecule has 0 radical (unpaired) electrons. The minimum Gasteiger partial charge on any atom is -0.326 e. The second kappa shape index (κ2) is 7.77. The summed E-state index contributed by atoms with van der Waals surface area (Å²) in [5.74, 6) is 0.0126. The van der Waals surface area contributed by atoms with Crippen LogP contribution in [0, 0.1) is 3.57 Å². The Morgan fingerprint density at radius 2 is 2.00 bits per heavy atom. The van der Waals surface area contributed by atoms with Crippen LogP contribution in [0.5, 0.6) is 0 Å². The predicted molar refractivity (Wildman–Crippen MR) is 94.7 cm³/mol. The van der Waals surface area contributed by atoms with Crippen molar-refractivity contribution in [3.63, 3.8) is 0 Å². The summed E-state index contributed by atoms with van der Waals surface area (Å²) < 4.78 is 1.04. The van der Waals surface area contributed by atoms with Crippen LogP contribution in [0.1, 0.15) is 5.56 Å². The lowest BCUT2D eigenvalue weighted by Crippen LogP contribution is -3.08. The number of quaternary nitrogens is 1. The van der Waals surface area contributed by atoms with Crippen molar-refractivity contribution in [1.82, 2.24) is 0 Å². The molecular formula is C16H17ClIN2O+. The van der Waals surface area contributed by atoms with Crippen LogP contribution in [0.25, 0.3) is 0 Å². The van der Waals surface area contributed by atoms with Gasteiger partial charge in [0.1, 0.15) is 6.54 Å². The van der Waals surface area contributed by atoms with E-state index in [1.54, 1.807) is 0 Å². The first kappa shape index (κ1) is 16.3. The Bertz CT molecular complexity index is 633. The Kier molecular flexibility index (Phi) is 6.02. The Labute approximate surface area is 143 Å². The summed E-state index contributed by atoms with van der Waals surface area (Å²) in [6, 6.07) is 15.5. The summed E-state index contributed by atoms with van der Waals surface area (Å²) in [4.78, 5) is 13.2. The Hall–Kier alpha value is -1.11. The van der Waals surface area contributed by atoms with Crippen LogP contribution in [0.15, 0.2) is 48.5 Å². The number of nitrogens with one attached hydrogen (secondary N) is 2. The van der Waals surface area contributed by atoms with Crippen LogP contribution >= 0.6 is 34.2 Å². The first-order valence-electron chi connectivity index (χ1n) is 6.65. The molecule has 5 heteroatoms. The molecule has 3 nitrogen and oxygen atoms in total. The van der Waals surface area contributed by atoms with Crippen molar-refractivity contribution in [3.05, 3.63) is 62.7 Å². The molecule has 0 fully saturated rings. The number of halogens is 2. The van der Waals surface area contributed by atoms with Gasteiger partial charge in [-0.25, -0.2) is 0 Å². The van der Waals surface area contributed by atoms with E-state index in [0.29, 0.717) is 6.54 Å². The quantitative estimate of drug-likeness (QED) is 0.723. The summed E-state index contributed by atoms with van der Waals surface area (Å²) in [6.45, 7) is 1.18. The number of para-hydroxylation sites is 1. The van der Waals surface area contributed by atoms with E-state index in [4.69, 9.17) is 11.6 Å². The van der Waals surface area contributed by atoms with Crippen molar-refractivity contribution in [2.75, 3.05) is 18.9 Å². The normalized spacial score (nSPS) is 12.0. The van der Waals surface area contributed by atoms with Crippen LogP contribution in [-0.2, 0) is 11.3 Å². The molecule has 1 atom stereocenters. The zero-order valence-corrected chi connectivity index (χ0v) is 14.6. The van der Waals surface area contributed by atoms with Gasteiger partial charge in [-0.1, -0.05) is 35.9 Å². The maximum absolute atomic E-state index is 12.1. The van der Waals surface area contributed by atoms with Crippen molar-refractivity contribution >= 4 is 45.8 Å². The number of carbonyl (C=O) groups is 1. The number of benzene rings is 2. The first-order valence-corrected chi connectivity index (χ1v) is 8.10. The summed E-state index contributed by atoms with van der Waals surface area (Å²) in [5.41, 5.74) is 1.99. The van der Waals surface area contributed by atoms with Crippen molar-refractivity contribution < 1.29 is 9.69 Å². The third kappa shape index (κ3) is 5.30. The smallest absolute Gasteiger partial charge is 0.279 e. The first-order chi connectivity index (χ1) is 10.0. The summed E-state index contributed by atoms with van der Waals surface area (Å²) in [5, 5.41) is 3.67. The lowest BCUT2D eigenvalue weighted by Gasteiger charge is -2.14. The summed E-state index contributed by atoms with van der Waals surface area (Å²) in [6.07, 6.45) is 0. The van der Waals surface area contributed by atoms with Gasteiger partial charge in [-0.3, -0.25) is 4.79 Å². The molecule has 1 amide bonds. The number of hydrogen-bond acceptors (Lipinski definition) is 1. The van der Waals surface area contributed by atoms with Gasteiger partial charge in [-0.2, -0.15) is 0 Å². The minimum atomic E-state index is 0.0126. The van der Waals surface area contributed by atoms with Crippen molar-refractivity contribution in [2.45, 2.75) is 6.54 Å². The fourth-order valence-corrected chi connectivity index (χ4v) is 2.82. The zero-order chi connectivity index (χ0) is 15.2. The van der Waals surface area contributed by atoms with E-state index in [1.165, 1.54) is 0 Å². The van der Waals surface area contributed by atoms with Crippen molar-refractivity contribution in [3.8, 4) is 0 Å². The number of likely N-dealkylation sites (N-methyl/N-ethyl adjacent to an activating group) is 1. The average Bonchev–Trinajstić information content (AvgIpc) is 2.41. The lowest BCUT2D eigenvalue weighted by atomic mass is 10.2. The van der Waals surface area contributed by atoms with Gasteiger partial charge < -0.3 is 10.2 Å². The summed E-state index contributed by atoms with van der Waals surface area (Å²) in [7, 11) is 2.00. The van der Waals surface area contributed by atoms with E-state index in [2.05, 4.69) is 27.9 Å². The number of hydrogen-bond donors (Lipinski definition) is 2. The number of rotatable bonds is 5. The van der Waals surface area contributed by atoms with Gasteiger partial charge in [-0.15, -0.1) is 0 Å². The molecule has 0 aromatic heterocycles. The van der Waals surface area contributed by atoms with E-state index >= 15 is 0 Å². The minimum absolute atomic E-state index is 0.0126. The maximum atomic E-state index is 12.1. The molecule has 1 unspecified atom stereocenters. The maximum Gasteiger partial charge on any atom is 0.279 e. The van der Waals surface area contributed by atoms with E-state index in [-0.39, 0.29) is 5.91 Å². The highest BCUT2D eigenvalue weighted by Gasteiger charge is 2.12. The van der Waals surface area contributed by atoms with Crippen LogP contribution in [-0.4, -0.2) is 19.5 Å². The lowest BCUT2D eigenvalue weighted by molar-refractivity contribution is -0.885. The molecule has 110 valence electrons. The predicted octanol–water partition coefficient (Wildman–Crippen LogP) is 2.60. The largest absolute Gasteiger partial charge is 0.326 e. The molecule has 0 bridgehead atoms. The molecule has 2 aromatic carbocycles. The van der Waals surface area contributed by atoms with Crippen molar-refractivity contribution in [1.29, 1.82) is 0 Å². The molecule has 21 heavy (non-hydrogen) atoms. The average molecular weight is 416 g/mol. The fourth-order valence-electron chi connectivity index (χ4n) is 2.09. The fraction of sp³-hybridized carbons (Fsp3) is 0.188. The second-order valence-corrected chi connectivity index (χ2v) is 6.57. The Morgan fingerprint density at radius 1 is 1.24 bits per heavy atom. The standard InChI is InChI=1S/C16H16ClIN2O/c1-20(10-12-5-4-6-13(17)9-12)11-16(21)19-15-8-3-2-7-14(15)18/h2-9H,10-11H2,1H3,(H,19,21)/p+1. The Morgan fingerprint density at radius 3 is 2.71 bits per heavy atom. The molecular weight excluding hydrogens is 399 g/mol. The molecule has 2 aromatic rings. The van der Waals surface area contributed by atoms with E-state index in [9.17, 15) is 4.79 Å². The van der Waals surface area contributed by atoms with Gasteiger partial charge >= 0.3 is 0 Å². The molecule has 0 aliphatic rings. The highest BCUT2D eigenvalue weighted by molar-refractivity contribution is 14.1. The molecule has 2 rings (SSSR count). The number of anilines is 1. The zero-order valence-electron chi connectivity index (χ0n) is 11.7. The van der Waals surface area contributed by atoms with Crippen LogP contribution in [0.3, 0.4) is 0 Å². The Balaban J connectivity index is 1.89. The number of carbonyl (C=O) groups excluding carboxylic acids is 1. The van der Waals surface area contributed by atoms with Gasteiger partial charge in [0.25, 0.3) is 5.91 Å². The van der Waals surface area contributed by atoms with E-state index < -0.39 is 0 Å². The van der Waals surface area contributed by atoms with E-state index in [1.807, 2.05) is 55.6 Å². The third-order valence-electron chi connectivity index (χ3n) is 3.01. The topological polar surface area (TPSA) is 33.5 Å².